The van der Waals surface area contributed by atoms with Crippen LogP contribution in [0.5, 0.6) is 0 Å². The summed E-state index contributed by atoms with van der Waals surface area (Å²) in [5.41, 5.74) is -0.451. The summed E-state index contributed by atoms with van der Waals surface area (Å²) >= 11 is 0. The van der Waals surface area contributed by atoms with E-state index in [-0.39, 0.29) is 6.03 Å². The molecule has 3 aliphatic rings. The van der Waals surface area contributed by atoms with Gasteiger partial charge in [-0.05, 0) is 32.6 Å². The predicted octanol–water partition coefficient (Wildman–Crippen LogP) is 1.90. The van der Waals surface area contributed by atoms with Crippen LogP contribution in [0.1, 0.15) is 51.9 Å². The summed E-state index contributed by atoms with van der Waals surface area (Å²) in [7, 11) is 0. The summed E-state index contributed by atoms with van der Waals surface area (Å²) in [6.07, 6.45) is 7.64. The molecule has 2 heterocycles. The number of amides is 2. The lowest BCUT2D eigenvalue weighted by atomic mass is 9.84. The number of rotatable bonds is 4. The molecule has 3 fully saturated rings. The van der Waals surface area contributed by atoms with Gasteiger partial charge in [0.15, 0.2) is 0 Å². The highest BCUT2D eigenvalue weighted by atomic mass is 16.3. The SMILES string of the molecule is CCN1CCN(C2CCN(CC3(O)CCCCC3)CC2)C1=O. The van der Waals surface area contributed by atoms with Crippen LogP contribution in [-0.2, 0) is 0 Å². The van der Waals surface area contributed by atoms with Crippen LogP contribution in [-0.4, -0.2) is 76.7 Å². The fraction of sp³-hybridized carbons (Fsp3) is 0.941. The van der Waals surface area contributed by atoms with Gasteiger partial charge in [0.2, 0.25) is 0 Å². The molecule has 0 radical (unpaired) electrons. The van der Waals surface area contributed by atoms with Crippen LogP contribution < -0.4 is 0 Å². The fourth-order valence-electron chi connectivity index (χ4n) is 4.41. The molecule has 1 saturated carbocycles. The second-order valence-corrected chi connectivity index (χ2v) is 7.35. The third-order valence-electron chi connectivity index (χ3n) is 5.81. The fourth-order valence-corrected chi connectivity index (χ4v) is 4.41. The Labute approximate surface area is 134 Å². The lowest BCUT2D eigenvalue weighted by Gasteiger charge is -2.41. The Morgan fingerprint density at radius 1 is 1.09 bits per heavy atom. The van der Waals surface area contributed by atoms with E-state index in [4.69, 9.17) is 0 Å². The molecule has 5 nitrogen and oxygen atoms in total. The van der Waals surface area contributed by atoms with E-state index in [9.17, 15) is 9.90 Å². The van der Waals surface area contributed by atoms with Crippen molar-refractivity contribution in [2.45, 2.75) is 63.5 Å². The molecule has 2 amide bonds. The van der Waals surface area contributed by atoms with Gasteiger partial charge in [-0.25, -0.2) is 4.79 Å². The summed E-state index contributed by atoms with van der Waals surface area (Å²) in [5, 5.41) is 10.7. The minimum Gasteiger partial charge on any atom is -0.389 e. The van der Waals surface area contributed by atoms with Gasteiger partial charge >= 0.3 is 6.03 Å². The number of aliphatic hydroxyl groups is 1. The Balaban J connectivity index is 1.47. The third-order valence-corrected chi connectivity index (χ3v) is 5.81. The second kappa shape index (κ2) is 6.75. The smallest absolute Gasteiger partial charge is 0.320 e. The lowest BCUT2D eigenvalue weighted by Crippen LogP contribution is -2.51. The Morgan fingerprint density at radius 3 is 2.36 bits per heavy atom. The van der Waals surface area contributed by atoms with E-state index in [0.29, 0.717) is 6.04 Å². The van der Waals surface area contributed by atoms with E-state index in [2.05, 4.69) is 16.7 Å². The van der Waals surface area contributed by atoms with Crippen molar-refractivity contribution in [3.05, 3.63) is 0 Å². The van der Waals surface area contributed by atoms with Crippen LogP contribution in [0.15, 0.2) is 0 Å². The first-order chi connectivity index (χ1) is 10.6. The summed E-state index contributed by atoms with van der Waals surface area (Å²) in [6.45, 7) is 7.51. The zero-order valence-corrected chi connectivity index (χ0v) is 14.0. The molecule has 1 aliphatic carbocycles. The molecule has 1 N–H and O–H groups in total. The number of carbonyl (C=O) groups is 1. The number of likely N-dealkylation sites (N-methyl/N-ethyl adjacent to an activating group) is 1. The van der Waals surface area contributed by atoms with Crippen LogP contribution in [0, 0.1) is 0 Å². The lowest BCUT2D eigenvalue weighted by molar-refractivity contribution is -0.0335. The maximum absolute atomic E-state index is 12.3. The maximum atomic E-state index is 12.3. The van der Waals surface area contributed by atoms with Gasteiger partial charge < -0.3 is 19.8 Å². The van der Waals surface area contributed by atoms with Gasteiger partial charge in [-0.15, -0.1) is 0 Å². The number of β-amino-alcohol motifs (C(OH)–C–C–N with tert-alkyl or cyclic N) is 1. The molecular weight excluding hydrogens is 278 g/mol. The second-order valence-electron chi connectivity index (χ2n) is 7.35. The van der Waals surface area contributed by atoms with Crippen molar-refractivity contribution in [1.29, 1.82) is 0 Å². The number of urea groups is 1. The molecule has 5 heteroatoms. The van der Waals surface area contributed by atoms with Gasteiger partial charge in [-0.2, -0.15) is 0 Å². The van der Waals surface area contributed by atoms with Gasteiger partial charge in [0.1, 0.15) is 0 Å². The molecule has 0 aromatic carbocycles. The summed E-state index contributed by atoms with van der Waals surface area (Å²) in [6, 6.07) is 0.633. The van der Waals surface area contributed by atoms with Crippen molar-refractivity contribution in [1.82, 2.24) is 14.7 Å². The Bertz CT molecular complexity index is 387. The first-order valence-electron chi connectivity index (χ1n) is 9.11. The standard InChI is InChI=1S/C17H31N3O2/c1-2-19-12-13-20(16(19)21)15-6-10-18(11-7-15)14-17(22)8-4-3-5-9-17/h15,22H,2-14H2,1H3. The van der Waals surface area contributed by atoms with E-state index >= 15 is 0 Å². The zero-order chi connectivity index (χ0) is 15.6. The minimum atomic E-state index is -0.451. The van der Waals surface area contributed by atoms with Crippen LogP contribution in [0.3, 0.4) is 0 Å². The molecule has 126 valence electrons. The molecular formula is C17H31N3O2. The van der Waals surface area contributed by atoms with Gasteiger partial charge in [-0.3, -0.25) is 0 Å². The van der Waals surface area contributed by atoms with Crippen molar-refractivity contribution < 1.29 is 9.90 Å². The van der Waals surface area contributed by atoms with E-state index in [1.807, 2.05) is 4.90 Å². The molecule has 0 atom stereocenters. The molecule has 22 heavy (non-hydrogen) atoms. The predicted molar refractivity (Wildman–Crippen MR) is 86.8 cm³/mol. The van der Waals surface area contributed by atoms with Crippen molar-refractivity contribution in [3.63, 3.8) is 0 Å². The van der Waals surface area contributed by atoms with E-state index < -0.39 is 5.60 Å². The average Bonchev–Trinajstić information content (AvgIpc) is 2.89. The Kier molecular flexibility index (Phi) is 4.93. The summed E-state index contributed by atoms with van der Waals surface area (Å²) < 4.78 is 0. The Hall–Kier alpha value is -0.810. The molecule has 0 spiro atoms. The van der Waals surface area contributed by atoms with Gasteiger partial charge in [0.05, 0.1) is 5.60 Å². The molecule has 2 saturated heterocycles. The quantitative estimate of drug-likeness (QED) is 0.863. The van der Waals surface area contributed by atoms with Crippen molar-refractivity contribution in [3.8, 4) is 0 Å². The highest BCUT2D eigenvalue weighted by molar-refractivity contribution is 5.76. The Morgan fingerprint density at radius 2 is 1.77 bits per heavy atom. The van der Waals surface area contributed by atoms with Gasteiger partial charge in [0.25, 0.3) is 0 Å². The minimum absolute atomic E-state index is 0.229. The number of carbonyl (C=O) groups excluding carboxylic acids is 1. The van der Waals surface area contributed by atoms with Crippen LogP contribution >= 0.6 is 0 Å². The molecule has 0 bridgehead atoms. The van der Waals surface area contributed by atoms with Crippen LogP contribution in [0.25, 0.3) is 0 Å². The van der Waals surface area contributed by atoms with Gasteiger partial charge in [-0.1, -0.05) is 19.3 Å². The third kappa shape index (κ3) is 3.40. The van der Waals surface area contributed by atoms with E-state index in [1.54, 1.807) is 0 Å². The van der Waals surface area contributed by atoms with Crippen molar-refractivity contribution in [2.75, 3.05) is 39.3 Å². The largest absolute Gasteiger partial charge is 0.389 e. The highest BCUT2D eigenvalue weighted by Crippen LogP contribution is 2.30. The number of nitrogens with zero attached hydrogens (tertiary/aromatic N) is 3. The number of likely N-dealkylation sites (tertiary alicyclic amines) is 1. The average molecular weight is 309 g/mol. The first-order valence-corrected chi connectivity index (χ1v) is 9.11. The topological polar surface area (TPSA) is 47.0 Å². The van der Waals surface area contributed by atoms with Gasteiger partial charge in [0, 0.05) is 45.3 Å². The van der Waals surface area contributed by atoms with Crippen LogP contribution in [0.4, 0.5) is 4.79 Å². The molecule has 2 aliphatic heterocycles. The van der Waals surface area contributed by atoms with E-state index in [1.165, 1.54) is 19.3 Å². The molecule has 0 unspecified atom stereocenters. The number of hydrogen-bond donors (Lipinski definition) is 1. The number of hydrogen-bond acceptors (Lipinski definition) is 3. The normalized spacial score (nSPS) is 27.6. The van der Waals surface area contributed by atoms with Crippen LogP contribution in [0.2, 0.25) is 0 Å². The summed E-state index contributed by atoms with van der Waals surface area (Å²) in [4.78, 5) is 18.7. The monoisotopic (exact) mass is 309 g/mol. The summed E-state index contributed by atoms with van der Waals surface area (Å²) in [5.74, 6) is 0. The molecule has 0 aromatic rings. The number of piperidine rings is 1. The molecule has 3 rings (SSSR count). The van der Waals surface area contributed by atoms with Crippen molar-refractivity contribution in [2.24, 2.45) is 0 Å². The highest BCUT2D eigenvalue weighted by Gasteiger charge is 2.37. The zero-order valence-electron chi connectivity index (χ0n) is 14.0. The van der Waals surface area contributed by atoms with E-state index in [0.717, 1.165) is 65.0 Å². The first kappa shape index (κ1) is 16.1. The molecule has 0 aromatic heterocycles. The van der Waals surface area contributed by atoms with Crippen molar-refractivity contribution >= 4 is 6.03 Å². The maximum Gasteiger partial charge on any atom is 0.320 e.